The zero-order valence-electron chi connectivity index (χ0n) is 21.8. The first-order chi connectivity index (χ1) is 17.9. The number of rotatable bonds is 11. The van der Waals surface area contributed by atoms with E-state index in [9.17, 15) is 21.6 Å². The second-order valence-electron chi connectivity index (χ2n) is 8.71. The maximum absolute atomic E-state index is 13.6. The van der Waals surface area contributed by atoms with Gasteiger partial charge in [-0.2, -0.15) is 0 Å². The molecular weight excluding hydrogens is 530 g/mol. The summed E-state index contributed by atoms with van der Waals surface area (Å²) >= 11 is 0. The highest BCUT2D eigenvalue weighted by Crippen LogP contribution is 2.29. The van der Waals surface area contributed by atoms with Crippen molar-refractivity contribution in [2.45, 2.75) is 36.6 Å². The lowest BCUT2D eigenvalue weighted by Gasteiger charge is -2.24. The smallest absolute Gasteiger partial charge is 0.264 e. The molecule has 0 unspecified atom stereocenters. The third-order valence-electron chi connectivity index (χ3n) is 5.40. The summed E-state index contributed by atoms with van der Waals surface area (Å²) in [5, 5.41) is 2.60. The minimum absolute atomic E-state index is 0.0112. The fraction of sp³-hybridized carbons (Fsp3) is 0.269. The van der Waals surface area contributed by atoms with Gasteiger partial charge in [-0.3, -0.25) is 9.10 Å². The van der Waals surface area contributed by atoms with Crippen molar-refractivity contribution in [3.63, 3.8) is 0 Å². The molecule has 0 aliphatic rings. The van der Waals surface area contributed by atoms with Gasteiger partial charge in [-0.25, -0.2) is 21.6 Å². The number of carbonyl (C=O) groups is 1. The molecule has 0 aromatic heterocycles. The van der Waals surface area contributed by atoms with E-state index in [-0.39, 0.29) is 33.0 Å². The van der Waals surface area contributed by atoms with Gasteiger partial charge in [0, 0.05) is 6.04 Å². The van der Waals surface area contributed by atoms with Gasteiger partial charge in [-0.05, 0) is 75.4 Å². The van der Waals surface area contributed by atoms with E-state index in [0.29, 0.717) is 5.75 Å². The van der Waals surface area contributed by atoms with E-state index in [2.05, 4.69) is 10.0 Å². The first-order valence-corrected chi connectivity index (χ1v) is 14.5. The Hall–Kier alpha value is -3.61. The van der Waals surface area contributed by atoms with Crippen LogP contribution < -0.4 is 23.8 Å². The van der Waals surface area contributed by atoms with Crippen LogP contribution in [0.1, 0.15) is 19.4 Å². The van der Waals surface area contributed by atoms with Crippen molar-refractivity contribution in [2.75, 3.05) is 30.4 Å². The average Bonchev–Trinajstić information content (AvgIpc) is 2.86. The monoisotopic (exact) mass is 561 g/mol. The summed E-state index contributed by atoms with van der Waals surface area (Å²) < 4.78 is 66.4. The number of hydrogen-bond acceptors (Lipinski definition) is 7. The molecule has 1 amide bonds. The molecule has 0 aliphatic heterocycles. The number of amides is 1. The van der Waals surface area contributed by atoms with E-state index in [1.807, 2.05) is 6.92 Å². The van der Waals surface area contributed by atoms with E-state index in [1.165, 1.54) is 56.7 Å². The summed E-state index contributed by atoms with van der Waals surface area (Å²) in [4.78, 5) is 13.1. The normalized spacial score (nSPS) is 11.7. The average molecular weight is 562 g/mol. The van der Waals surface area contributed by atoms with Gasteiger partial charge in [0.15, 0.2) is 0 Å². The summed E-state index contributed by atoms with van der Waals surface area (Å²) in [5.74, 6) is 0.0176. The first kappa shape index (κ1) is 29.0. The lowest BCUT2D eigenvalue weighted by Crippen LogP contribution is -2.38. The van der Waals surface area contributed by atoms with Gasteiger partial charge in [0.25, 0.3) is 10.0 Å². The Bertz CT molecular complexity index is 1490. The molecule has 12 heteroatoms. The molecule has 0 atom stereocenters. The number of carbonyl (C=O) groups excluding carboxylic acids is 1. The maximum Gasteiger partial charge on any atom is 0.264 e. The van der Waals surface area contributed by atoms with Crippen LogP contribution in [0.15, 0.2) is 76.5 Å². The number of anilines is 2. The maximum atomic E-state index is 13.6. The van der Waals surface area contributed by atoms with Crippen molar-refractivity contribution < 1.29 is 31.1 Å². The number of nitrogens with one attached hydrogen (secondary N) is 2. The molecule has 2 N–H and O–H groups in total. The van der Waals surface area contributed by atoms with Crippen LogP contribution in [0.4, 0.5) is 11.4 Å². The second kappa shape index (κ2) is 11.8. The minimum Gasteiger partial charge on any atom is -0.497 e. The lowest BCUT2D eigenvalue weighted by molar-refractivity contribution is -0.114. The van der Waals surface area contributed by atoms with Crippen molar-refractivity contribution in [3.8, 4) is 11.5 Å². The molecular formula is C26H31N3O7S2. The van der Waals surface area contributed by atoms with Crippen LogP contribution in [0.5, 0.6) is 11.5 Å². The van der Waals surface area contributed by atoms with Gasteiger partial charge in [-0.15, -0.1) is 0 Å². The SMILES string of the molecule is COc1ccc(N(CC(=O)Nc2cc(S(=O)(=O)NC(C)C)ccc2OC)S(=O)(=O)c2ccc(C)cc2)cc1. The van der Waals surface area contributed by atoms with Crippen LogP contribution >= 0.6 is 0 Å². The molecule has 0 saturated carbocycles. The van der Waals surface area contributed by atoms with E-state index in [1.54, 1.807) is 38.1 Å². The highest BCUT2D eigenvalue weighted by atomic mass is 32.2. The number of aryl methyl sites for hydroxylation is 1. The fourth-order valence-electron chi connectivity index (χ4n) is 3.55. The van der Waals surface area contributed by atoms with E-state index < -0.39 is 32.5 Å². The van der Waals surface area contributed by atoms with Crippen LogP contribution in [-0.4, -0.2) is 49.5 Å². The van der Waals surface area contributed by atoms with E-state index in [0.717, 1.165) is 9.87 Å². The largest absolute Gasteiger partial charge is 0.497 e. The Kier molecular flexibility index (Phi) is 9.02. The molecule has 3 aromatic carbocycles. The van der Waals surface area contributed by atoms with Crippen molar-refractivity contribution in [2.24, 2.45) is 0 Å². The van der Waals surface area contributed by atoms with Gasteiger partial charge >= 0.3 is 0 Å². The van der Waals surface area contributed by atoms with Gasteiger partial charge in [0.1, 0.15) is 18.0 Å². The predicted molar refractivity (Wildman–Crippen MR) is 146 cm³/mol. The number of ether oxygens (including phenoxy) is 2. The molecule has 0 spiro atoms. The highest BCUT2D eigenvalue weighted by molar-refractivity contribution is 7.92. The molecule has 3 aromatic rings. The Labute approximate surface area is 223 Å². The zero-order valence-corrected chi connectivity index (χ0v) is 23.4. The van der Waals surface area contributed by atoms with E-state index >= 15 is 0 Å². The van der Waals surface area contributed by atoms with Crippen LogP contribution in [-0.2, 0) is 24.8 Å². The standard InChI is InChI=1S/C26H31N3O7S2/c1-18(2)28-37(31,32)23-14-15-25(36-5)24(16-23)27-26(30)17-29(20-8-10-21(35-4)11-9-20)38(33,34)22-12-6-19(3)7-13-22/h6-16,18,28H,17H2,1-5H3,(H,27,30). The molecule has 0 radical (unpaired) electrons. The van der Waals surface area contributed by atoms with Crippen molar-refractivity contribution >= 4 is 37.3 Å². The van der Waals surface area contributed by atoms with Crippen LogP contribution in [0.2, 0.25) is 0 Å². The molecule has 38 heavy (non-hydrogen) atoms. The zero-order chi connectivity index (χ0) is 28.1. The summed E-state index contributed by atoms with van der Waals surface area (Å²) in [6.07, 6.45) is 0. The third-order valence-corrected chi connectivity index (χ3v) is 8.85. The molecule has 0 bridgehead atoms. The summed E-state index contributed by atoms with van der Waals surface area (Å²) in [7, 11) is -5.14. The number of hydrogen-bond donors (Lipinski definition) is 2. The number of benzene rings is 3. The van der Waals surface area contributed by atoms with Crippen molar-refractivity contribution in [1.82, 2.24) is 4.72 Å². The molecule has 204 valence electrons. The Balaban J connectivity index is 1.97. The highest BCUT2D eigenvalue weighted by Gasteiger charge is 2.28. The minimum atomic E-state index is -4.14. The summed E-state index contributed by atoms with van der Waals surface area (Å²) in [5.41, 5.74) is 1.20. The number of methoxy groups -OCH3 is 2. The van der Waals surface area contributed by atoms with E-state index in [4.69, 9.17) is 9.47 Å². The predicted octanol–water partition coefficient (Wildman–Crippen LogP) is 3.53. The van der Waals surface area contributed by atoms with Crippen LogP contribution in [0.25, 0.3) is 0 Å². The van der Waals surface area contributed by atoms with Gasteiger partial charge in [0.2, 0.25) is 15.9 Å². The Morgan fingerprint density at radius 3 is 2.03 bits per heavy atom. The van der Waals surface area contributed by atoms with Gasteiger partial charge < -0.3 is 14.8 Å². The quantitative estimate of drug-likeness (QED) is 0.366. The molecule has 0 fully saturated rings. The molecule has 0 saturated heterocycles. The second-order valence-corrected chi connectivity index (χ2v) is 12.3. The van der Waals surface area contributed by atoms with Crippen LogP contribution in [0.3, 0.4) is 0 Å². The third kappa shape index (κ3) is 6.82. The Morgan fingerprint density at radius 1 is 0.868 bits per heavy atom. The topological polar surface area (TPSA) is 131 Å². The van der Waals surface area contributed by atoms with Gasteiger partial charge in [0.05, 0.1) is 35.4 Å². The molecule has 0 aliphatic carbocycles. The van der Waals surface area contributed by atoms with Crippen LogP contribution in [0, 0.1) is 6.92 Å². The van der Waals surface area contributed by atoms with Crippen molar-refractivity contribution in [3.05, 3.63) is 72.3 Å². The summed E-state index contributed by atoms with van der Waals surface area (Å²) in [6, 6.07) is 16.2. The Morgan fingerprint density at radius 2 is 1.47 bits per heavy atom. The first-order valence-electron chi connectivity index (χ1n) is 11.6. The molecule has 10 nitrogen and oxygen atoms in total. The number of nitrogens with zero attached hydrogens (tertiary/aromatic N) is 1. The fourth-order valence-corrected chi connectivity index (χ4v) is 6.25. The lowest BCUT2D eigenvalue weighted by atomic mass is 10.2. The summed E-state index contributed by atoms with van der Waals surface area (Å²) in [6.45, 7) is 4.62. The van der Waals surface area contributed by atoms with Crippen molar-refractivity contribution in [1.29, 1.82) is 0 Å². The molecule has 3 rings (SSSR count). The van der Waals surface area contributed by atoms with Gasteiger partial charge in [-0.1, -0.05) is 17.7 Å². The number of sulfonamides is 2. The molecule has 0 heterocycles.